The molecule has 1 aromatic heterocycles. The Balaban J connectivity index is 2.62. The fourth-order valence-corrected chi connectivity index (χ4v) is 1.42. The quantitative estimate of drug-likeness (QED) is 0.603. The van der Waals surface area contributed by atoms with Crippen LogP contribution in [0.3, 0.4) is 0 Å². The summed E-state index contributed by atoms with van der Waals surface area (Å²) >= 11 is 0. The molecule has 2 heteroatoms. The van der Waals surface area contributed by atoms with Crippen molar-refractivity contribution < 1.29 is 4.57 Å². The van der Waals surface area contributed by atoms with Gasteiger partial charge >= 0.3 is 0 Å². The molecule has 0 aliphatic carbocycles. The minimum absolute atomic E-state index is 1.12. The molecule has 1 rings (SSSR count). The molecule has 1 heterocycles. The first kappa shape index (κ1) is 9.30. The van der Waals surface area contributed by atoms with Crippen molar-refractivity contribution in [2.75, 3.05) is 0 Å². The van der Waals surface area contributed by atoms with Crippen molar-refractivity contribution in [3.63, 3.8) is 0 Å². The van der Waals surface area contributed by atoms with Crippen LogP contribution in [0.1, 0.15) is 32.4 Å². The Hall–Kier alpha value is -0.790. The third kappa shape index (κ3) is 2.10. The number of unbranched alkanes of at least 4 members (excludes halogenated alkanes) is 1. The number of imidazole rings is 1. The van der Waals surface area contributed by atoms with Gasteiger partial charge in [-0.2, -0.15) is 0 Å². The van der Waals surface area contributed by atoms with Gasteiger partial charge in [-0.3, -0.25) is 0 Å². The molecule has 12 heavy (non-hydrogen) atoms. The Morgan fingerprint density at radius 2 is 2.17 bits per heavy atom. The van der Waals surface area contributed by atoms with Crippen LogP contribution in [0.15, 0.2) is 12.5 Å². The van der Waals surface area contributed by atoms with Crippen LogP contribution in [-0.2, 0) is 20.0 Å². The Labute approximate surface area is 74.8 Å². The lowest BCUT2D eigenvalue weighted by Gasteiger charge is -1.90. The van der Waals surface area contributed by atoms with Gasteiger partial charge in [-0.15, -0.1) is 0 Å². The predicted octanol–water partition coefficient (Wildman–Crippen LogP) is 1.68. The van der Waals surface area contributed by atoms with Crippen LogP contribution in [0.25, 0.3) is 0 Å². The summed E-state index contributed by atoms with van der Waals surface area (Å²) in [5.41, 5.74) is 1.41. The van der Waals surface area contributed by atoms with E-state index in [1.807, 2.05) is 0 Å². The highest BCUT2D eigenvalue weighted by Crippen LogP contribution is 1.97. The van der Waals surface area contributed by atoms with Gasteiger partial charge in [0.2, 0.25) is 6.33 Å². The van der Waals surface area contributed by atoms with Crippen molar-refractivity contribution >= 4 is 0 Å². The Kier molecular flexibility index (Phi) is 3.32. The molecule has 0 N–H and O–H groups in total. The Morgan fingerprint density at radius 3 is 2.67 bits per heavy atom. The monoisotopic (exact) mass is 167 g/mol. The van der Waals surface area contributed by atoms with E-state index in [4.69, 9.17) is 0 Å². The Bertz CT molecular complexity index is 238. The molecule has 0 radical (unpaired) electrons. The van der Waals surface area contributed by atoms with Crippen LogP contribution < -0.4 is 4.57 Å². The van der Waals surface area contributed by atoms with E-state index in [9.17, 15) is 0 Å². The van der Waals surface area contributed by atoms with E-state index < -0.39 is 0 Å². The smallest absolute Gasteiger partial charge is 0.237 e. The lowest BCUT2D eigenvalue weighted by Crippen LogP contribution is -2.29. The molecule has 0 saturated heterocycles. The summed E-state index contributed by atoms with van der Waals surface area (Å²) in [4.78, 5) is 0. The predicted molar refractivity (Wildman–Crippen MR) is 49.9 cm³/mol. The summed E-state index contributed by atoms with van der Waals surface area (Å²) in [5.74, 6) is 0. The number of hydrogen-bond donors (Lipinski definition) is 0. The van der Waals surface area contributed by atoms with Crippen molar-refractivity contribution in [1.29, 1.82) is 0 Å². The van der Waals surface area contributed by atoms with E-state index in [1.54, 1.807) is 0 Å². The topological polar surface area (TPSA) is 8.81 Å². The highest BCUT2D eigenvalue weighted by Gasteiger charge is 2.06. The Morgan fingerprint density at radius 1 is 1.42 bits per heavy atom. The van der Waals surface area contributed by atoms with Gasteiger partial charge in [0.15, 0.2) is 0 Å². The van der Waals surface area contributed by atoms with Gasteiger partial charge in [-0.05, 0) is 6.42 Å². The summed E-state index contributed by atoms with van der Waals surface area (Å²) < 4.78 is 4.48. The zero-order chi connectivity index (χ0) is 8.97. The van der Waals surface area contributed by atoms with E-state index in [0.29, 0.717) is 0 Å². The molecule has 0 amide bonds. The molecular formula is C10H19N2+. The van der Waals surface area contributed by atoms with Gasteiger partial charge in [0.25, 0.3) is 0 Å². The third-order valence-corrected chi connectivity index (χ3v) is 2.22. The van der Waals surface area contributed by atoms with E-state index in [1.165, 1.54) is 18.5 Å². The highest BCUT2D eigenvalue weighted by molar-refractivity contribution is 4.87. The van der Waals surface area contributed by atoms with Crippen molar-refractivity contribution in [3.8, 4) is 0 Å². The first-order valence-corrected chi connectivity index (χ1v) is 4.82. The van der Waals surface area contributed by atoms with E-state index in [-0.39, 0.29) is 0 Å². The lowest BCUT2D eigenvalue weighted by molar-refractivity contribution is -0.678. The molecule has 0 fully saturated rings. The van der Waals surface area contributed by atoms with Crippen LogP contribution in [0.4, 0.5) is 0 Å². The van der Waals surface area contributed by atoms with E-state index in [2.05, 4.69) is 42.6 Å². The largest absolute Gasteiger partial charge is 0.243 e. The molecule has 0 saturated carbocycles. The lowest BCUT2D eigenvalue weighted by atomic mass is 10.3. The summed E-state index contributed by atoms with van der Waals surface area (Å²) in [6.45, 7) is 5.58. The minimum atomic E-state index is 1.12. The van der Waals surface area contributed by atoms with Crippen molar-refractivity contribution in [3.05, 3.63) is 18.2 Å². The molecular weight excluding hydrogens is 148 g/mol. The average Bonchev–Trinajstić information content (AvgIpc) is 2.43. The van der Waals surface area contributed by atoms with Crippen LogP contribution in [0, 0.1) is 0 Å². The van der Waals surface area contributed by atoms with Gasteiger partial charge in [-0.25, -0.2) is 9.13 Å². The first-order chi connectivity index (χ1) is 5.77. The maximum absolute atomic E-state index is 2.28. The average molecular weight is 167 g/mol. The van der Waals surface area contributed by atoms with Crippen LogP contribution in [-0.4, -0.2) is 4.57 Å². The molecule has 2 nitrogen and oxygen atoms in total. The molecule has 0 spiro atoms. The maximum Gasteiger partial charge on any atom is 0.243 e. The third-order valence-electron chi connectivity index (χ3n) is 2.22. The van der Waals surface area contributed by atoms with Crippen molar-refractivity contribution in [1.82, 2.24) is 4.57 Å². The van der Waals surface area contributed by atoms with Gasteiger partial charge < -0.3 is 0 Å². The van der Waals surface area contributed by atoms with Crippen molar-refractivity contribution in [2.24, 2.45) is 7.05 Å². The molecule has 1 aromatic rings. The summed E-state index contributed by atoms with van der Waals surface area (Å²) in [6, 6.07) is 0. The van der Waals surface area contributed by atoms with Crippen LogP contribution in [0.2, 0.25) is 0 Å². The standard InChI is InChI=1S/C10H19N2/c1-4-6-7-12-8-10(5-2)11(3)9-12/h8-9H,4-7H2,1-3H3/q+1. The normalized spacial score (nSPS) is 10.6. The van der Waals surface area contributed by atoms with Gasteiger partial charge in [0, 0.05) is 6.42 Å². The minimum Gasteiger partial charge on any atom is -0.237 e. The van der Waals surface area contributed by atoms with Gasteiger partial charge in [0.1, 0.15) is 11.9 Å². The van der Waals surface area contributed by atoms with Gasteiger partial charge in [0.05, 0.1) is 13.6 Å². The SMILES string of the molecule is CCCCn1cc(CC)[n+](C)c1. The number of nitrogens with zero attached hydrogens (tertiary/aromatic N) is 2. The maximum atomic E-state index is 2.28. The zero-order valence-electron chi connectivity index (χ0n) is 8.38. The highest BCUT2D eigenvalue weighted by atomic mass is 15.1. The number of aromatic nitrogens is 2. The van der Waals surface area contributed by atoms with E-state index >= 15 is 0 Å². The number of hydrogen-bond acceptors (Lipinski definition) is 0. The molecule has 0 bridgehead atoms. The summed E-state index contributed by atoms with van der Waals surface area (Å²) in [6.07, 6.45) is 8.08. The second-order valence-corrected chi connectivity index (χ2v) is 3.29. The van der Waals surface area contributed by atoms with E-state index in [0.717, 1.165) is 13.0 Å². The molecule has 0 aliphatic heterocycles. The second-order valence-electron chi connectivity index (χ2n) is 3.29. The molecule has 0 aromatic carbocycles. The first-order valence-electron chi connectivity index (χ1n) is 4.82. The van der Waals surface area contributed by atoms with Crippen LogP contribution in [0.5, 0.6) is 0 Å². The molecule has 0 atom stereocenters. The summed E-state index contributed by atoms with van der Waals surface area (Å²) in [5, 5.41) is 0. The second kappa shape index (κ2) is 4.29. The van der Waals surface area contributed by atoms with Crippen LogP contribution >= 0.6 is 0 Å². The molecule has 0 unspecified atom stereocenters. The summed E-state index contributed by atoms with van der Waals surface area (Å²) in [7, 11) is 2.11. The fourth-order valence-electron chi connectivity index (χ4n) is 1.42. The molecule has 68 valence electrons. The van der Waals surface area contributed by atoms with Crippen molar-refractivity contribution in [2.45, 2.75) is 39.7 Å². The van der Waals surface area contributed by atoms with Gasteiger partial charge in [-0.1, -0.05) is 20.3 Å². The number of rotatable bonds is 4. The number of aryl methyl sites for hydroxylation is 3. The fraction of sp³-hybridized carbons (Fsp3) is 0.700. The molecule has 0 aliphatic rings. The zero-order valence-corrected chi connectivity index (χ0v) is 8.38.